The van der Waals surface area contributed by atoms with E-state index in [2.05, 4.69) is 5.16 Å². The molecule has 0 spiro atoms. The Hall–Kier alpha value is -1.36. The molecule has 0 bridgehead atoms. The maximum atomic E-state index is 12.2. The second-order valence-electron chi connectivity index (χ2n) is 4.40. The lowest BCUT2D eigenvalue weighted by molar-refractivity contribution is 0.321. The average Bonchev–Trinajstić information content (AvgIpc) is 2.17. The Morgan fingerprint density at radius 3 is 2.31 bits per heavy atom. The molecule has 1 aromatic carbocycles. The van der Waals surface area contributed by atoms with Crippen LogP contribution < -0.4 is 0 Å². The Morgan fingerprint density at radius 2 is 1.81 bits per heavy atom. The van der Waals surface area contributed by atoms with Crippen LogP contribution in [0.1, 0.15) is 26.3 Å². The standard InChI is InChI=1S/C11H15NO3S/c1-11(2,3)16(14,15)10-7-5-4-6-9(10)8-12-13/h4-8,13H,1-3H3/b12-8+. The normalized spacial score (nSPS) is 13.2. The Morgan fingerprint density at radius 1 is 1.25 bits per heavy atom. The molecule has 1 N–H and O–H groups in total. The van der Waals surface area contributed by atoms with Crippen molar-refractivity contribution >= 4 is 16.1 Å². The summed E-state index contributed by atoms with van der Waals surface area (Å²) in [6, 6.07) is 6.45. The molecule has 0 aromatic heterocycles. The fraction of sp³-hybridized carbons (Fsp3) is 0.364. The van der Waals surface area contributed by atoms with Crippen molar-refractivity contribution in [2.45, 2.75) is 30.4 Å². The first-order valence-electron chi connectivity index (χ1n) is 4.82. The van der Waals surface area contributed by atoms with E-state index in [1.807, 2.05) is 0 Å². The minimum absolute atomic E-state index is 0.181. The van der Waals surface area contributed by atoms with Gasteiger partial charge in [0.15, 0.2) is 9.84 Å². The van der Waals surface area contributed by atoms with E-state index >= 15 is 0 Å². The minimum Gasteiger partial charge on any atom is -0.411 e. The number of benzene rings is 1. The van der Waals surface area contributed by atoms with Gasteiger partial charge in [0.25, 0.3) is 0 Å². The van der Waals surface area contributed by atoms with Crippen LogP contribution in [-0.2, 0) is 9.84 Å². The van der Waals surface area contributed by atoms with Crippen LogP contribution in [0.2, 0.25) is 0 Å². The first-order chi connectivity index (χ1) is 7.30. The molecule has 0 unspecified atom stereocenters. The topological polar surface area (TPSA) is 66.7 Å². The predicted octanol–water partition coefficient (Wildman–Crippen LogP) is 2.07. The summed E-state index contributed by atoms with van der Waals surface area (Å²) in [5, 5.41) is 11.4. The van der Waals surface area contributed by atoms with Crippen molar-refractivity contribution in [1.82, 2.24) is 0 Å². The Kier molecular flexibility index (Phi) is 3.38. The van der Waals surface area contributed by atoms with E-state index in [1.165, 1.54) is 6.07 Å². The Bertz CT molecular complexity index is 498. The van der Waals surface area contributed by atoms with Crippen LogP contribution in [0.3, 0.4) is 0 Å². The molecule has 5 heteroatoms. The maximum Gasteiger partial charge on any atom is 0.183 e. The second-order valence-corrected chi connectivity index (χ2v) is 7.07. The monoisotopic (exact) mass is 241 g/mol. The van der Waals surface area contributed by atoms with Crippen LogP contribution in [-0.4, -0.2) is 24.6 Å². The second kappa shape index (κ2) is 4.25. The summed E-state index contributed by atoms with van der Waals surface area (Å²) >= 11 is 0. The van der Waals surface area contributed by atoms with Gasteiger partial charge in [-0.15, -0.1) is 0 Å². The van der Waals surface area contributed by atoms with Gasteiger partial charge in [0, 0.05) is 5.56 Å². The van der Waals surface area contributed by atoms with Crippen molar-refractivity contribution in [2.75, 3.05) is 0 Å². The average molecular weight is 241 g/mol. The van der Waals surface area contributed by atoms with Gasteiger partial charge in [-0.25, -0.2) is 8.42 Å². The molecule has 4 nitrogen and oxygen atoms in total. The molecular weight excluding hydrogens is 226 g/mol. The number of sulfone groups is 1. The van der Waals surface area contributed by atoms with E-state index < -0.39 is 14.6 Å². The van der Waals surface area contributed by atoms with Crippen molar-refractivity contribution in [2.24, 2.45) is 5.16 Å². The third-order valence-electron chi connectivity index (χ3n) is 2.21. The number of hydrogen-bond acceptors (Lipinski definition) is 4. The molecule has 0 fully saturated rings. The lowest BCUT2D eigenvalue weighted by Gasteiger charge is -2.20. The molecule has 1 aromatic rings. The number of oxime groups is 1. The first-order valence-corrected chi connectivity index (χ1v) is 6.30. The van der Waals surface area contributed by atoms with E-state index in [9.17, 15) is 8.42 Å². The molecule has 0 aliphatic heterocycles. The molecule has 0 heterocycles. The maximum absolute atomic E-state index is 12.2. The van der Waals surface area contributed by atoms with Crippen LogP contribution in [0.15, 0.2) is 34.3 Å². The van der Waals surface area contributed by atoms with Crippen molar-refractivity contribution in [3.8, 4) is 0 Å². The number of rotatable bonds is 2. The van der Waals surface area contributed by atoms with Crippen molar-refractivity contribution in [3.05, 3.63) is 29.8 Å². The zero-order valence-electron chi connectivity index (χ0n) is 9.51. The van der Waals surface area contributed by atoms with Gasteiger partial charge in [-0.1, -0.05) is 23.4 Å². The van der Waals surface area contributed by atoms with Crippen LogP contribution in [0, 0.1) is 0 Å². The highest BCUT2D eigenvalue weighted by molar-refractivity contribution is 7.92. The van der Waals surface area contributed by atoms with E-state index in [4.69, 9.17) is 5.21 Å². The lowest BCUT2D eigenvalue weighted by atomic mass is 10.2. The van der Waals surface area contributed by atoms with Gasteiger partial charge in [-0.05, 0) is 26.8 Å². The number of hydrogen-bond donors (Lipinski definition) is 1. The molecule has 0 atom stereocenters. The summed E-state index contributed by atoms with van der Waals surface area (Å²) in [7, 11) is -3.43. The minimum atomic E-state index is -3.43. The van der Waals surface area contributed by atoms with Crippen LogP contribution in [0.5, 0.6) is 0 Å². The third-order valence-corrected chi connectivity index (χ3v) is 4.77. The van der Waals surface area contributed by atoms with Gasteiger partial charge in [-0.2, -0.15) is 0 Å². The summed E-state index contributed by atoms with van der Waals surface area (Å²) in [6.07, 6.45) is 1.12. The van der Waals surface area contributed by atoms with Crippen LogP contribution in [0.25, 0.3) is 0 Å². The van der Waals surface area contributed by atoms with Crippen molar-refractivity contribution in [3.63, 3.8) is 0 Å². The quantitative estimate of drug-likeness (QED) is 0.489. The summed E-state index contributed by atoms with van der Waals surface area (Å²) < 4.78 is 23.5. The molecule has 0 amide bonds. The zero-order chi connectivity index (χ0) is 12.4. The van der Waals surface area contributed by atoms with Gasteiger partial charge in [0.2, 0.25) is 0 Å². The molecule has 0 saturated carbocycles. The predicted molar refractivity (Wildman–Crippen MR) is 62.8 cm³/mol. The molecular formula is C11H15NO3S. The highest BCUT2D eigenvalue weighted by atomic mass is 32.2. The fourth-order valence-corrected chi connectivity index (χ4v) is 2.57. The van der Waals surface area contributed by atoms with Gasteiger partial charge >= 0.3 is 0 Å². The largest absolute Gasteiger partial charge is 0.411 e. The van der Waals surface area contributed by atoms with E-state index in [-0.39, 0.29) is 4.90 Å². The summed E-state index contributed by atoms with van der Waals surface area (Å²) in [5.74, 6) is 0. The van der Waals surface area contributed by atoms with Gasteiger partial charge in [0.05, 0.1) is 15.9 Å². The SMILES string of the molecule is CC(C)(C)S(=O)(=O)c1ccccc1/C=N/O. The lowest BCUT2D eigenvalue weighted by Crippen LogP contribution is -2.28. The summed E-state index contributed by atoms with van der Waals surface area (Å²) in [4.78, 5) is 0.181. The zero-order valence-corrected chi connectivity index (χ0v) is 10.3. The molecule has 0 aliphatic carbocycles. The molecule has 1 rings (SSSR count). The van der Waals surface area contributed by atoms with Crippen molar-refractivity contribution < 1.29 is 13.6 Å². The van der Waals surface area contributed by atoms with Crippen LogP contribution in [0.4, 0.5) is 0 Å². The highest BCUT2D eigenvalue weighted by Gasteiger charge is 2.32. The Balaban J connectivity index is 3.46. The number of nitrogens with zero attached hydrogens (tertiary/aromatic N) is 1. The van der Waals surface area contributed by atoms with E-state index in [0.29, 0.717) is 5.56 Å². The summed E-state index contributed by atoms with van der Waals surface area (Å²) in [6.45, 7) is 4.90. The molecule has 0 aliphatic rings. The smallest absolute Gasteiger partial charge is 0.183 e. The highest BCUT2D eigenvalue weighted by Crippen LogP contribution is 2.26. The third kappa shape index (κ3) is 2.24. The molecule has 0 radical (unpaired) electrons. The van der Waals surface area contributed by atoms with Gasteiger partial charge < -0.3 is 5.21 Å². The molecule has 16 heavy (non-hydrogen) atoms. The molecule has 0 saturated heterocycles. The van der Waals surface area contributed by atoms with E-state index in [0.717, 1.165) is 6.21 Å². The van der Waals surface area contributed by atoms with E-state index in [1.54, 1.807) is 39.0 Å². The van der Waals surface area contributed by atoms with Crippen molar-refractivity contribution in [1.29, 1.82) is 0 Å². The Labute approximate surface area is 95.5 Å². The van der Waals surface area contributed by atoms with Gasteiger partial charge in [-0.3, -0.25) is 0 Å². The first kappa shape index (κ1) is 12.7. The van der Waals surface area contributed by atoms with Crippen LogP contribution >= 0.6 is 0 Å². The molecule has 88 valence electrons. The summed E-state index contributed by atoms with van der Waals surface area (Å²) in [5.41, 5.74) is 0.389. The van der Waals surface area contributed by atoms with Gasteiger partial charge in [0.1, 0.15) is 0 Å². The fourth-order valence-electron chi connectivity index (χ4n) is 1.22.